The van der Waals surface area contributed by atoms with E-state index in [2.05, 4.69) is 19.2 Å². The van der Waals surface area contributed by atoms with Crippen LogP contribution in [0.2, 0.25) is 0 Å². The smallest absolute Gasteiger partial charge is 0.407 e. The van der Waals surface area contributed by atoms with Crippen LogP contribution in [0, 0.1) is 11.3 Å². The van der Waals surface area contributed by atoms with Gasteiger partial charge in [0.2, 0.25) is 0 Å². The standard InChI is InChI=1S/C12H23NO3/c1-11(2,3)16-10(15)13-9-6-8(7-14)12(9,4)5/h8-9,14H,6-7H2,1-5H3,(H,13,15). The molecule has 1 aliphatic rings. The van der Waals surface area contributed by atoms with Gasteiger partial charge >= 0.3 is 6.09 Å². The number of hydrogen-bond donors (Lipinski definition) is 2. The summed E-state index contributed by atoms with van der Waals surface area (Å²) in [7, 11) is 0. The topological polar surface area (TPSA) is 58.6 Å². The highest BCUT2D eigenvalue weighted by atomic mass is 16.6. The third kappa shape index (κ3) is 2.88. The van der Waals surface area contributed by atoms with E-state index in [1.165, 1.54) is 0 Å². The Morgan fingerprint density at radius 2 is 2.06 bits per heavy atom. The van der Waals surface area contributed by atoms with Gasteiger partial charge in [0, 0.05) is 12.6 Å². The molecule has 0 aromatic rings. The molecule has 2 unspecified atom stereocenters. The number of nitrogens with one attached hydrogen (secondary N) is 1. The van der Waals surface area contributed by atoms with E-state index in [1.54, 1.807) is 0 Å². The predicted molar refractivity (Wildman–Crippen MR) is 62.1 cm³/mol. The Balaban J connectivity index is 2.43. The fourth-order valence-electron chi connectivity index (χ4n) is 2.02. The maximum Gasteiger partial charge on any atom is 0.407 e. The zero-order valence-corrected chi connectivity index (χ0v) is 10.8. The fraction of sp³-hybridized carbons (Fsp3) is 0.917. The molecule has 0 spiro atoms. The van der Waals surface area contributed by atoms with Crippen molar-refractivity contribution in [2.24, 2.45) is 11.3 Å². The number of carbonyl (C=O) groups excluding carboxylic acids is 1. The van der Waals surface area contributed by atoms with Gasteiger partial charge in [-0.2, -0.15) is 0 Å². The lowest BCUT2D eigenvalue weighted by Gasteiger charge is -2.51. The summed E-state index contributed by atoms with van der Waals surface area (Å²) in [6.07, 6.45) is 0.449. The van der Waals surface area contributed by atoms with E-state index in [0.717, 1.165) is 6.42 Å². The van der Waals surface area contributed by atoms with Crippen molar-refractivity contribution < 1.29 is 14.6 Å². The summed E-state index contributed by atoms with van der Waals surface area (Å²) >= 11 is 0. The monoisotopic (exact) mass is 229 g/mol. The van der Waals surface area contributed by atoms with E-state index in [1.807, 2.05) is 20.8 Å². The van der Waals surface area contributed by atoms with Crippen LogP contribution in [0.3, 0.4) is 0 Å². The van der Waals surface area contributed by atoms with Crippen LogP contribution >= 0.6 is 0 Å². The van der Waals surface area contributed by atoms with Crippen LogP contribution in [0.15, 0.2) is 0 Å². The molecule has 4 nitrogen and oxygen atoms in total. The Kier molecular flexibility index (Phi) is 3.53. The van der Waals surface area contributed by atoms with Gasteiger partial charge in [0.05, 0.1) is 0 Å². The molecule has 1 fully saturated rings. The largest absolute Gasteiger partial charge is 0.444 e. The second kappa shape index (κ2) is 4.24. The number of aliphatic hydroxyl groups is 1. The fourth-order valence-corrected chi connectivity index (χ4v) is 2.02. The number of aliphatic hydroxyl groups excluding tert-OH is 1. The molecule has 4 heteroatoms. The first kappa shape index (κ1) is 13.3. The van der Waals surface area contributed by atoms with Crippen LogP contribution in [0.4, 0.5) is 4.79 Å². The van der Waals surface area contributed by atoms with Crippen LogP contribution < -0.4 is 5.32 Å². The van der Waals surface area contributed by atoms with Crippen molar-refractivity contribution in [2.75, 3.05) is 6.61 Å². The summed E-state index contributed by atoms with van der Waals surface area (Å²) in [6, 6.07) is 0.0968. The van der Waals surface area contributed by atoms with Gasteiger partial charge in [-0.05, 0) is 38.5 Å². The Morgan fingerprint density at radius 1 is 1.50 bits per heavy atom. The second-order valence-corrected chi connectivity index (χ2v) is 6.14. The van der Waals surface area contributed by atoms with Gasteiger partial charge in [-0.1, -0.05) is 13.8 Å². The number of rotatable bonds is 2. The summed E-state index contributed by atoms with van der Waals surface area (Å²) in [6.45, 7) is 9.82. The number of ether oxygens (including phenoxy) is 1. The molecule has 0 aromatic heterocycles. The van der Waals surface area contributed by atoms with Crippen molar-refractivity contribution in [3.05, 3.63) is 0 Å². The average Bonchev–Trinajstić information content (AvgIpc) is 2.08. The van der Waals surface area contributed by atoms with Crippen molar-refractivity contribution in [3.63, 3.8) is 0 Å². The minimum atomic E-state index is -0.464. The van der Waals surface area contributed by atoms with Gasteiger partial charge in [0.1, 0.15) is 5.60 Å². The highest BCUT2D eigenvalue weighted by Crippen LogP contribution is 2.45. The summed E-state index contributed by atoms with van der Waals surface area (Å²) in [5.74, 6) is 0.271. The summed E-state index contributed by atoms with van der Waals surface area (Å²) in [5.41, 5.74) is -0.514. The molecule has 0 bridgehead atoms. The van der Waals surface area contributed by atoms with Gasteiger partial charge in [-0.3, -0.25) is 0 Å². The average molecular weight is 229 g/mol. The van der Waals surface area contributed by atoms with Crippen LogP contribution in [-0.2, 0) is 4.74 Å². The van der Waals surface area contributed by atoms with Crippen LogP contribution in [0.25, 0.3) is 0 Å². The van der Waals surface area contributed by atoms with E-state index in [9.17, 15) is 4.79 Å². The molecule has 0 aliphatic heterocycles. The van der Waals surface area contributed by atoms with Crippen LogP contribution in [0.5, 0.6) is 0 Å². The predicted octanol–water partition coefficient (Wildman–Crippen LogP) is 1.92. The normalized spacial score (nSPS) is 28.1. The lowest BCUT2D eigenvalue weighted by molar-refractivity contribution is -0.0288. The summed E-state index contributed by atoms with van der Waals surface area (Å²) < 4.78 is 5.19. The molecule has 1 amide bonds. The maximum absolute atomic E-state index is 11.5. The highest BCUT2D eigenvalue weighted by Gasteiger charge is 2.48. The Labute approximate surface area is 97.4 Å². The van der Waals surface area contributed by atoms with Crippen molar-refractivity contribution in [3.8, 4) is 0 Å². The van der Waals surface area contributed by atoms with Crippen LogP contribution in [-0.4, -0.2) is 29.4 Å². The molecule has 16 heavy (non-hydrogen) atoms. The van der Waals surface area contributed by atoms with Crippen LogP contribution in [0.1, 0.15) is 41.0 Å². The molecule has 1 rings (SSSR count). The van der Waals surface area contributed by atoms with Gasteiger partial charge in [-0.25, -0.2) is 4.79 Å². The van der Waals surface area contributed by atoms with E-state index in [-0.39, 0.29) is 30.1 Å². The quantitative estimate of drug-likeness (QED) is 0.760. The minimum absolute atomic E-state index is 0.0499. The molecule has 0 aromatic carbocycles. The molecule has 2 N–H and O–H groups in total. The Bertz CT molecular complexity index is 268. The molecule has 0 heterocycles. The lowest BCUT2D eigenvalue weighted by atomic mass is 9.59. The molecule has 0 saturated heterocycles. The second-order valence-electron chi connectivity index (χ2n) is 6.14. The molecule has 1 saturated carbocycles. The Hall–Kier alpha value is -0.770. The summed E-state index contributed by atoms with van der Waals surface area (Å²) in [5, 5.41) is 12.0. The number of amides is 1. The minimum Gasteiger partial charge on any atom is -0.444 e. The highest BCUT2D eigenvalue weighted by molar-refractivity contribution is 5.68. The third-order valence-electron chi connectivity index (χ3n) is 3.38. The van der Waals surface area contributed by atoms with Crippen molar-refractivity contribution in [2.45, 2.75) is 52.7 Å². The van der Waals surface area contributed by atoms with Gasteiger partial charge < -0.3 is 15.2 Å². The van der Waals surface area contributed by atoms with Crippen molar-refractivity contribution in [1.29, 1.82) is 0 Å². The zero-order chi connectivity index (χ0) is 12.6. The van der Waals surface area contributed by atoms with Gasteiger partial charge in [0.25, 0.3) is 0 Å². The van der Waals surface area contributed by atoms with Crippen molar-refractivity contribution in [1.82, 2.24) is 5.32 Å². The molecule has 2 atom stereocenters. The SMILES string of the molecule is CC(C)(C)OC(=O)NC1CC(CO)C1(C)C. The van der Waals surface area contributed by atoms with Crippen molar-refractivity contribution >= 4 is 6.09 Å². The number of hydrogen-bond acceptors (Lipinski definition) is 3. The van der Waals surface area contributed by atoms with Gasteiger partial charge in [-0.15, -0.1) is 0 Å². The first-order chi connectivity index (χ1) is 7.16. The zero-order valence-electron chi connectivity index (χ0n) is 10.8. The van der Waals surface area contributed by atoms with E-state index < -0.39 is 5.60 Å². The lowest BCUT2D eigenvalue weighted by Crippen LogP contribution is -2.59. The van der Waals surface area contributed by atoms with E-state index in [0.29, 0.717) is 0 Å². The maximum atomic E-state index is 11.5. The molecule has 94 valence electrons. The van der Waals surface area contributed by atoms with E-state index >= 15 is 0 Å². The molecule has 1 aliphatic carbocycles. The number of alkyl carbamates (subject to hydrolysis) is 1. The third-order valence-corrected chi connectivity index (χ3v) is 3.38. The first-order valence-electron chi connectivity index (χ1n) is 5.77. The summed E-state index contributed by atoms with van der Waals surface area (Å²) in [4.78, 5) is 11.5. The Morgan fingerprint density at radius 3 is 2.44 bits per heavy atom. The van der Waals surface area contributed by atoms with Gasteiger partial charge in [0.15, 0.2) is 0 Å². The molecular weight excluding hydrogens is 206 g/mol. The first-order valence-corrected chi connectivity index (χ1v) is 5.77. The molecule has 0 radical (unpaired) electrons. The number of carbonyl (C=O) groups is 1. The molecular formula is C12H23NO3. The van der Waals surface area contributed by atoms with E-state index in [4.69, 9.17) is 9.84 Å².